The van der Waals surface area contributed by atoms with Crippen LogP contribution in [-0.4, -0.2) is 27.1 Å². The monoisotopic (exact) mass is 331 g/mol. The highest BCUT2D eigenvalue weighted by molar-refractivity contribution is 7.78. The predicted octanol–water partition coefficient (Wildman–Crippen LogP) is 2.30. The molecule has 0 saturated carbocycles. The Bertz CT molecular complexity index is 576. The lowest BCUT2D eigenvalue weighted by atomic mass is 9.78. The van der Waals surface area contributed by atoms with Gasteiger partial charge in [-0.1, -0.05) is 29.3 Å². The number of rotatable bonds is 4. The van der Waals surface area contributed by atoms with E-state index in [4.69, 9.17) is 9.31 Å². The first-order valence-corrected chi connectivity index (χ1v) is 8.10. The molecule has 1 aromatic carbocycles. The predicted molar refractivity (Wildman–Crippen MR) is 79.7 cm³/mol. The van der Waals surface area contributed by atoms with Gasteiger partial charge < -0.3 is 13.9 Å². The zero-order valence-corrected chi connectivity index (χ0v) is 13.7. The lowest BCUT2D eigenvalue weighted by Gasteiger charge is -2.32. The van der Waals surface area contributed by atoms with Gasteiger partial charge in [0, 0.05) is 11.3 Å². The molecule has 2 rings (SSSR count). The molecule has 22 heavy (non-hydrogen) atoms. The van der Waals surface area contributed by atoms with Crippen LogP contribution in [0.5, 0.6) is 0 Å². The zero-order valence-electron chi connectivity index (χ0n) is 12.9. The fourth-order valence-electron chi connectivity index (χ4n) is 2.22. The standard InChI is InChI=1S/C14H19BF2O4S/c1-13(2)14(3,4)21-15(20-13)10-5-6-11(12(16)17)9(7-10)8-22(18)19/h5-7,12H,8H2,1-4H3,(H,18,19)/p-1. The highest BCUT2D eigenvalue weighted by Crippen LogP contribution is 2.36. The van der Waals surface area contributed by atoms with Gasteiger partial charge in [-0.15, -0.1) is 0 Å². The Morgan fingerprint density at radius 2 is 1.77 bits per heavy atom. The molecule has 1 fully saturated rings. The molecule has 0 radical (unpaired) electrons. The minimum Gasteiger partial charge on any atom is -0.772 e. The molecule has 8 heteroatoms. The summed E-state index contributed by atoms with van der Waals surface area (Å²) in [7, 11) is -0.712. The van der Waals surface area contributed by atoms with E-state index in [9.17, 15) is 17.5 Å². The van der Waals surface area contributed by atoms with E-state index in [1.807, 2.05) is 27.7 Å². The van der Waals surface area contributed by atoms with Crippen molar-refractivity contribution in [3.8, 4) is 0 Å². The second-order valence-corrected chi connectivity index (χ2v) is 7.19. The molecule has 1 aliphatic rings. The van der Waals surface area contributed by atoms with Gasteiger partial charge >= 0.3 is 7.12 Å². The van der Waals surface area contributed by atoms with Crippen molar-refractivity contribution >= 4 is 23.7 Å². The van der Waals surface area contributed by atoms with Crippen LogP contribution in [-0.2, 0) is 26.1 Å². The Morgan fingerprint density at radius 1 is 1.23 bits per heavy atom. The molecule has 1 heterocycles. The first-order chi connectivity index (χ1) is 10.0. The quantitative estimate of drug-likeness (QED) is 0.627. The van der Waals surface area contributed by atoms with E-state index in [0.717, 1.165) is 0 Å². The van der Waals surface area contributed by atoms with Crippen LogP contribution in [0.15, 0.2) is 18.2 Å². The topological polar surface area (TPSA) is 58.6 Å². The lowest BCUT2D eigenvalue weighted by Crippen LogP contribution is -2.41. The maximum atomic E-state index is 13.0. The van der Waals surface area contributed by atoms with Crippen molar-refractivity contribution < 1.29 is 26.9 Å². The molecular weight excluding hydrogens is 313 g/mol. The van der Waals surface area contributed by atoms with E-state index in [1.54, 1.807) is 0 Å². The molecule has 4 nitrogen and oxygen atoms in total. The number of benzene rings is 1. The normalized spacial score (nSPS) is 21.4. The van der Waals surface area contributed by atoms with Crippen LogP contribution in [0.2, 0.25) is 0 Å². The fraction of sp³-hybridized carbons (Fsp3) is 0.571. The highest BCUT2D eigenvalue weighted by atomic mass is 32.2. The number of alkyl halides is 2. The summed E-state index contributed by atoms with van der Waals surface area (Å²) in [6.07, 6.45) is -2.73. The largest absolute Gasteiger partial charge is 0.772 e. The number of hydrogen-bond donors (Lipinski definition) is 0. The van der Waals surface area contributed by atoms with E-state index in [0.29, 0.717) is 5.46 Å². The Balaban J connectivity index is 2.36. The fourth-order valence-corrected chi connectivity index (χ4v) is 2.72. The van der Waals surface area contributed by atoms with Crippen LogP contribution in [0.25, 0.3) is 0 Å². The van der Waals surface area contributed by atoms with E-state index >= 15 is 0 Å². The first-order valence-electron chi connectivity index (χ1n) is 6.86. The SMILES string of the molecule is CC1(C)OB(c2ccc(C(F)F)c(CS(=O)[O-])c2)OC1(C)C. The Hall–Kier alpha value is -0.825. The van der Waals surface area contributed by atoms with Gasteiger partial charge in [0.2, 0.25) is 0 Å². The van der Waals surface area contributed by atoms with Crippen molar-refractivity contribution in [3.05, 3.63) is 29.3 Å². The molecule has 0 spiro atoms. The molecule has 1 saturated heterocycles. The molecule has 0 bridgehead atoms. The van der Waals surface area contributed by atoms with Crippen LogP contribution >= 0.6 is 0 Å². The van der Waals surface area contributed by atoms with Crippen molar-refractivity contribution in [2.45, 2.75) is 51.1 Å². The van der Waals surface area contributed by atoms with Crippen molar-refractivity contribution in [2.75, 3.05) is 0 Å². The zero-order chi connectivity index (χ0) is 16.7. The summed E-state index contributed by atoms with van der Waals surface area (Å²) in [5, 5.41) is 0. The third-order valence-electron chi connectivity index (χ3n) is 4.20. The van der Waals surface area contributed by atoms with Crippen LogP contribution < -0.4 is 5.46 Å². The van der Waals surface area contributed by atoms with Crippen molar-refractivity contribution in [2.24, 2.45) is 0 Å². The molecule has 0 amide bonds. The average molecular weight is 331 g/mol. The third-order valence-corrected chi connectivity index (χ3v) is 4.75. The van der Waals surface area contributed by atoms with Crippen LogP contribution in [0, 0.1) is 0 Å². The van der Waals surface area contributed by atoms with Gasteiger partial charge in [0.25, 0.3) is 6.43 Å². The van der Waals surface area contributed by atoms with Gasteiger partial charge in [0.05, 0.1) is 11.2 Å². The minimum absolute atomic E-state index is 0.0653. The maximum absolute atomic E-state index is 13.0. The Labute approximate surface area is 131 Å². The molecule has 0 aromatic heterocycles. The third kappa shape index (κ3) is 3.40. The number of halogens is 2. The second kappa shape index (κ2) is 6.00. The molecule has 1 unspecified atom stereocenters. The molecule has 1 aliphatic heterocycles. The number of hydrogen-bond acceptors (Lipinski definition) is 4. The van der Waals surface area contributed by atoms with E-state index in [1.165, 1.54) is 18.2 Å². The summed E-state index contributed by atoms with van der Waals surface area (Å²) in [6.45, 7) is 7.53. The minimum atomic E-state index is -2.73. The first kappa shape index (κ1) is 17.5. The summed E-state index contributed by atoms with van der Waals surface area (Å²) in [5.74, 6) is -0.465. The molecule has 1 aromatic rings. The van der Waals surface area contributed by atoms with Gasteiger partial charge in [0.15, 0.2) is 0 Å². The molecular formula is C14H18BF2O4S-. The summed E-state index contributed by atoms with van der Waals surface area (Å²) in [4.78, 5) is 0. The van der Waals surface area contributed by atoms with E-state index in [2.05, 4.69) is 0 Å². The van der Waals surface area contributed by atoms with Gasteiger partial charge in [-0.05, 0) is 38.7 Å². The van der Waals surface area contributed by atoms with E-state index in [-0.39, 0.29) is 11.1 Å². The van der Waals surface area contributed by atoms with Crippen molar-refractivity contribution in [1.29, 1.82) is 0 Å². The van der Waals surface area contributed by atoms with Crippen molar-refractivity contribution in [3.63, 3.8) is 0 Å². The molecule has 1 atom stereocenters. The van der Waals surface area contributed by atoms with E-state index < -0.39 is 41.6 Å². The van der Waals surface area contributed by atoms with Gasteiger partial charge in [-0.2, -0.15) is 0 Å². The Kier molecular flexibility index (Phi) is 4.78. The summed E-state index contributed by atoms with van der Waals surface area (Å²) in [6, 6.07) is 4.13. The highest BCUT2D eigenvalue weighted by Gasteiger charge is 2.51. The van der Waals surface area contributed by atoms with Crippen molar-refractivity contribution in [1.82, 2.24) is 0 Å². The van der Waals surface area contributed by atoms with Crippen LogP contribution in [0.1, 0.15) is 45.2 Å². The van der Waals surface area contributed by atoms with Crippen LogP contribution in [0.3, 0.4) is 0 Å². The second-order valence-electron chi connectivity index (χ2n) is 6.30. The maximum Gasteiger partial charge on any atom is 0.494 e. The smallest absolute Gasteiger partial charge is 0.494 e. The van der Waals surface area contributed by atoms with Gasteiger partial charge in [-0.3, -0.25) is 4.21 Å². The summed E-state index contributed by atoms with van der Waals surface area (Å²) in [5.41, 5.74) is -0.801. The molecule has 0 N–H and O–H groups in total. The molecule has 0 aliphatic carbocycles. The molecule has 122 valence electrons. The summed E-state index contributed by atoms with van der Waals surface area (Å²) < 4.78 is 59.4. The van der Waals surface area contributed by atoms with Crippen LogP contribution in [0.4, 0.5) is 8.78 Å². The Morgan fingerprint density at radius 3 is 2.23 bits per heavy atom. The van der Waals surface area contributed by atoms with Gasteiger partial charge in [0.1, 0.15) is 0 Å². The van der Waals surface area contributed by atoms with Gasteiger partial charge in [-0.25, -0.2) is 8.78 Å². The lowest BCUT2D eigenvalue weighted by molar-refractivity contribution is 0.00578. The average Bonchev–Trinajstić information content (AvgIpc) is 2.57. The summed E-state index contributed by atoms with van der Waals surface area (Å²) >= 11 is -2.45.